The summed E-state index contributed by atoms with van der Waals surface area (Å²) in [6.45, 7) is 4.79. The van der Waals surface area contributed by atoms with Crippen molar-refractivity contribution in [2.24, 2.45) is 10.7 Å². The van der Waals surface area contributed by atoms with Crippen LogP contribution in [-0.2, 0) is 12.8 Å². The summed E-state index contributed by atoms with van der Waals surface area (Å²) in [4.78, 5) is 11.1. The maximum Gasteiger partial charge on any atom is 0.257 e. The van der Waals surface area contributed by atoms with Crippen molar-refractivity contribution in [1.82, 2.24) is 15.0 Å². The van der Waals surface area contributed by atoms with Gasteiger partial charge in [-0.25, -0.2) is 0 Å². The minimum Gasteiger partial charge on any atom is -0.370 e. The first kappa shape index (κ1) is 17.5. The molecule has 0 saturated carbocycles. The third-order valence-corrected chi connectivity index (χ3v) is 4.59. The summed E-state index contributed by atoms with van der Waals surface area (Å²) in [5.74, 6) is 2.00. The Kier molecular flexibility index (Phi) is 6.04. The molecule has 3 rings (SSSR count). The van der Waals surface area contributed by atoms with Crippen LogP contribution < -0.4 is 5.73 Å². The lowest BCUT2D eigenvalue weighted by molar-refractivity contribution is 0.423. The van der Waals surface area contributed by atoms with E-state index in [9.17, 15) is 0 Å². The average Bonchev–Trinajstić information content (AvgIpc) is 2.96. The molecule has 25 heavy (non-hydrogen) atoms. The molecule has 1 fully saturated rings. The molecule has 2 aromatic rings. The van der Waals surface area contributed by atoms with E-state index in [4.69, 9.17) is 10.3 Å². The first-order chi connectivity index (χ1) is 12.3. The molecule has 2 N–H and O–H groups in total. The number of hydrogen-bond acceptors (Lipinski definition) is 4. The lowest BCUT2D eigenvalue weighted by Gasteiger charge is -2.21. The van der Waals surface area contributed by atoms with Crippen molar-refractivity contribution in [3.63, 3.8) is 0 Å². The van der Waals surface area contributed by atoms with Gasteiger partial charge in [-0.2, -0.15) is 4.98 Å². The molecule has 0 atom stereocenters. The van der Waals surface area contributed by atoms with E-state index in [1.807, 2.05) is 19.1 Å². The van der Waals surface area contributed by atoms with Gasteiger partial charge in [0.1, 0.15) is 0 Å². The maximum atomic E-state index is 6.15. The average molecular weight is 341 g/mol. The standard InChI is InChI=1S/C19H27N5O/c1-2-17-22-18(25-23-17)16-9-7-15(8-10-16)11-12-21-19(20)24-13-5-3-4-6-14-24/h7-10H,2-6,11-14H2,1H3,(H2,20,21). The third kappa shape index (κ3) is 4.81. The monoisotopic (exact) mass is 341 g/mol. The van der Waals surface area contributed by atoms with Crippen LogP contribution in [-0.4, -0.2) is 40.6 Å². The number of guanidine groups is 1. The van der Waals surface area contributed by atoms with E-state index in [0.29, 0.717) is 18.4 Å². The number of rotatable bonds is 5. The molecule has 6 heteroatoms. The Labute approximate surface area is 149 Å². The number of likely N-dealkylation sites (tertiary alicyclic amines) is 1. The van der Waals surface area contributed by atoms with Crippen LogP contribution in [0.5, 0.6) is 0 Å². The van der Waals surface area contributed by atoms with Gasteiger partial charge in [0.2, 0.25) is 0 Å². The van der Waals surface area contributed by atoms with Gasteiger partial charge >= 0.3 is 0 Å². The molecule has 1 saturated heterocycles. The van der Waals surface area contributed by atoms with Gasteiger partial charge in [-0.1, -0.05) is 37.1 Å². The molecular weight excluding hydrogens is 314 g/mol. The Morgan fingerprint density at radius 3 is 2.52 bits per heavy atom. The zero-order valence-corrected chi connectivity index (χ0v) is 14.9. The second-order valence-electron chi connectivity index (χ2n) is 6.46. The molecule has 0 unspecified atom stereocenters. The fraction of sp³-hybridized carbons (Fsp3) is 0.526. The highest BCUT2D eigenvalue weighted by atomic mass is 16.5. The summed E-state index contributed by atoms with van der Waals surface area (Å²) in [5, 5.41) is 3.93. The number of aromatic nitrogens is 2. The van der Waals surface area contributed by atoms with E-state index in [1.54, 1.807) is 0 Å². The van der Waals surface area contributed by atoms with Crippen molar-refractivity contribution in [3.05, 3.63) is 35.7 Å². The smallest absolute Gasteiger partial charge is 0.257 e. The fourth-order valence-corrected chi connectivity index (χ4v) is 3.03. The zero-order chi connectivity index (χ0) is 17.5. The highest BCUT2D eigenvalue weighted by Crippen LogP contribution is 2.18. The Balaban J connectivity index is 1.53. The van der Waals surface area contributed by atoms with Crippen LogP contribution in [0.1, 0.15) is 44.0 Å². The SMILES string of the molecule is CCc1noc(-c2ccc(CCN=C(N)N3CCCCCC3)cc2)n1. The summed E-state index contributed by atoms with van der Waals surface area (Å²) >= 11 is 0. The zero-order valence-electron chi connectivity index (χ0n) is 14.9. The third-order valence-electron chi connectivity index (χ3n) is 4.59. The Morgan fingerprint density at radius 1 is 1.16 bits per heavy atom. The summed E-state index contributed by atoms with van der Waals surface area (Å²) in [6, 6.07) is 8.21. The van der Waals surface area contributed by atoms with Crippen LogP contribution >= 0.6 is 0 Å². The van der Waals surface area contributed by atoms with E-state index in [-0.39, 0.29) is 0 Å². The number of aryl methyl sites for hydroxylation is 1. The predicted molar refractivity (Wildman–Crippen MR) is 99.3 cm³/mol. The van der Waals surface area contributed by atoms with Crippen LogP contribution in [0.4, 0.5) is 0 Å². The number of aliphatic imine (C=N–C) groups is 1. The molecule has 1 aliphatic rings. The normalized spacial score (nSPS) is 16.0. The molecular formula is C19H27N5O. The van der Waals surface area contributed by atoms with Crippen molar-refractivity contribution in [1.29, 1.82) is 0 Å². The van der Waals surface area contributed by atoms with Gasteiger partial charge in [0.05, 0.1) is 0 Å². The topological polar surface area (TPSA) is 80.5 Å². The molecule has 1 aliphatic heterocycles. The molecule has 0 bridgehead atoms. The predicted octanol–water partition coefficient (Wildman–Crippen LogP) is 3.03. The van der Waals surface area contributed by atoms with E-state index in [0.717, 1.165) is 37.3 Å². The lowest BCUT2D eigenvalue weighted by atomic mass is 10.1. The van der Waals surface area contributed by atoms with Gasteiger partial charge in [-0.15, -0.1) is 0 Å². The summed E-state index contributed by atoms with van der Waals surface area (Å²) in [6.07, 6.45) is 6.68. The van der Waals surface area contributed by atoms with Crippen molar-refractivity contribution in [3.8, 4) is 11.5 Å². The Bertz CT molecular complexity index is 684. The number of nitrogens with two attached hydrogens (primary N) is 1. The highest BCUT2D eigenvalue weighted by molar-refractivity contribution is 5.78. The number of benzene rings is 1. The fourth-order valence-electron chi connectivity index (χ4n) is 3.03. The summed E-state index contributed by atoms with van der Waals surface area (Å²) < 4.78 is 5.27. The molecule has 0 radical (unpaired) electrons. The van der Waals surface area contributed by atoms with Crippen LogP contribution in [0.3, 0.4) is 0 Å². The van der Waals surface area contributed by atoms with Crippen LogP contribution in [0.15, 0.2) is 33.8 Å². The molecule has 1 aromatic carbocycles. The van der Waals surface area contributed by atoms with Crippen molar-refractivity contribution >= 4 is 5.96 Å². The van der Waals surface area contributed by atoms with E-state index < -0.39 is 0 Å². The van der Waals surface area contributed by atoms with Crippen LogP contribution in [0, 0.1) is 0 Å². The molecule has 2 heterocycles. The summed E-state index contributed by atoms with van der Waals surface area (Å²) in [7, 11) is 0. The minimum absolute atomic E-state index is 0.576. The van der Waals surface area contributed by atoms with Gasteiger partial charge in [0, 0.05) is 31.6 Å². The van der Waals surface area contributed by atoms with Gasteiger partial charge in [0.15, 0.2) is 11.8 Å². The largest absolute Gasteiger partial charge is 0.370 e. The highest BCUT2D eigenvalue weighted by Gasteiger charge is 2.10. The van der Waals surface area contributed by atoms with Crippen LogP contribution in [0.2, 0.25) is 0 Å². The van der Waals surface area contributed by atoms with Crippen molar-refractivity contribution in [2.45, 2.75) is 45.4 Å². The maximum absolute atomic E-state index is 6.15. The van der Waals surface area contributed by atoms with Crippen LogP contribution in [0.25, 0.3) is 11.5 Å². The Morgan fingerprint density at radius 2 is 1.88 bits per heavy atom. The van der Waals surface area contributed by atoms with E-state index in [1.165, 1.54) is 31.2 Å². The minimum atomic E-state index is 0.576. The molecule has 0 aliphatic carbocycles. The number of hydrogen-bond donors (Lipinski definition) is 1. The summed E-state index contributed by atoms with van der Waals surface area (Å²) in [5.41, 5.74) is 8.32. The first-order valence-corrected chi connectivity index (χ1v) is 9.23. The quantitative estimate of drug-likeness (QED) is 0.668. The molecule has 0 amide bonds. The Hall–Kier alpha value is -2.37. The first-order valence-electron chi connectivity index (χ1n) is 9.23. The second-order valence-corrected chi connectivity index (χ2v) is 6.46. The van der Waals surface area contributed by atoms with Gasteiger partial charge < -0.3 is 15.2 Å². The van der Waals surface area contributed by atoms with Crippen molar-refractivity contribution < 1.29 is 4.52 Å². The molecule has 0 spiro atoms. The molecule has 6 nitrogen and oxygen atoms in total. The van der Waals surface area contributed by atoms with E-state index >= 15 is 0 Å². The lowest BCUT2D eigenvalue weighted by Crippen LogP contribution is -2.38. The second kappa shape index (κ2) is 8.65. The number of nitrogens with zero attached hydrogens (tertiary/aromatic N) is 4. The molecule has 134 valence electrons. The van der Waals surface area contributed by atoms with E-state index in [2.05, 4.69) is 32.2 Å². The van der Waals surface area contributed by atoms with Gasteiger partial charge in [0.25, 0.3) is 5.89 Å². The van der Waals surface area contributed by atoms with Gasteiger partial charge in [-0.05, 0) is 37.0 Å². The van der Waals surface area contributed by atoms with Gasteiger partial charge in [-0.3, -0.25) is 4.99 Å². The van der Waals surface area contributed by atoms with Crippen molar-refractivity contribution in [2.75, 3.05) is 19.6 Å². The molecule has 1 aromatic heterocycles.